The Kier molecular flexibility index (Phi) is 6.56. The number of rotatable bonds is 4. The van der Waals surface area contributed by atoms with Crippen LogP contribution in [0.2, 0.25) is 0 Å². The summed E-state index contributed by atoms with van der Waals surface area (Å²) in [5.41, 5.74) is 9.89. The van der Waals surface area contributed by atoms with Crippen LogP contribution in [0.1, 0.15) is 0 Å². The molecular weight excluding hydrogens is 769 g/mol. The van der Waals surface area contributed by atoms with Crippen LogP contribution < -0.4 is 0 Å². The van der Waals surface area contributed by atoms with E-state index in [4.69, 9.17) is 19.9 Å². The van der Waals surface area contributed by atoms with E-state index < -0.39 is 0 Å². The Bertz CT molecular complexity index is 3900. The van der Waals surface area contributed by atoms with Crippen LogP contribution in [-0.2, 0) is 0 Å². The standard InChI is InChI=1S/C52H30N8S/c1-7-21-40-31(14-1)32-15-2-8-22-41(32)57(40)47-30-39(54-51(56-47)58-42-23-9-3-16-33(42)34-17-4-10-24-43(34)58)37-19-13-26-45-48(37)60(52-55-38-20-6-11-25-44(38)59(45)52)50-49-36(28-29-53-50)35-18-5-12-27-46(35)61-49/h1-30H. The molecule has 0 atom stereocenters. The van der Waals surface area contributed by atoms with E-state index in [0.717, 1.165) is 88.3 Å². The molecule has 0 spiro atoms. The fraction of sp³-hybridized carbons (Fsp3) is 0. The molecule has 61 heavy (non-hydrogen) atoms. The smallest absolute Gasteiger partial charge is 0.237 e. The predicted molar refractivity (Wildman–Crippen MR) is 250 cm³/mol. The van der Waals surface area contributed by atoms with Crippen LogP contribution in [0.25, 0.3) is 120 Å². The topological polar surface area (TPSA) is 70.8 Å². The molecule has 0 N–H and O–H groups in total. The summed E-state index contributed by atoms with van der Waals surface area (Å²) in [7, 11) is 0. The zero-order valence-corrected chi connectivity index (χ0v) is 33.1. The lowest BCUT2D eigenvalue weighted by atomic mass is 10.1. The zero-order valence-electron chi connectivity index (χ0n) is 32.3. The van der Waals surface area contributed by atoms with Gasteiger partial charge in [0.05, 0.1) is 54.5 Å². The van der Waals surface area contributed by atoms with Crippen molar-refractivity contribution in [2.24, 2.45) is 0 Å². The summed E-state index contributed by atoms with van der Waals surface area (Å²) in [4.78, 5) is 21.6. The monoisotopic (exact) mass is 798 g/mol. The van der Waals surface area contributed by atoms with E-state index in [1.54, 1.807) is 11.3 Å². The molecule has 284 valence electrons. The van der Waals surface area contributed by atoms with Crippen molar-refractivity contribution in [2.45, 2.75) is 0 Å². The van der Waals surface area contributed by atoms with Gasteiger partial charge in [-0.25, -0.2) is 15.0 Å². The van der Waals surface area contributed by atoms with Crippen molar-refractivity contribution in [3.8, 4) is 28.8 Å². The van der Waals surface area contributed by atoms with Gasteiger partial charge < -0.3 is 0 Å². The molecule has 0 radical (unpaired) electrons. The lowest BCUT2D eigenvalue weighted by Gasteiger charge is -2.15. The van der Waals surface area contributed by atoms with E-state index in [9.17, 15) is 0 Å². The number of imidazole rings is 2. The third-order valence-electron chi connectivity index (χ3n) is 12.3. The number of benzene rings is 7. The first-order chi connectivity index (χ1) is 30.3. The van der Waals surface area contributed by atoms with Gasteiger partial charge in [-0.05, 0) is 54.6 Å². The van der Waals surface area contributed by atoms with Crippen molar-refractivity contribution in [3.05, 3.63) is 182 Å². The lowest BCUT2D eigenvalue weighted by Crippen LogP contribution is -2.08. The van der Waals surface area contributed by atoms with Gasteiger partial charge >= 0.3 is 0 Å². The summed E-state index contributed by atoms with van der Waals surface area (Å²) in [6.07, 6.45) is 1.93. The van der Waals surface area contributed by atoms with Gasteiger partial charge in [0.1, 0.15) is 5.82 Å². The van der Waals surface area contributed by atoms with Crippen molar-refractivity contribution in [2.75, 3.05) is 0 Å². The maximum Gasteiger partial charge on any atom is 0.237 e. The van der Waals surface area contributed by atoms with Crippen LogP contribution in [0, 0.1) is 0 Å². The summed E-state index contributed by atoms with van der Waals surface area (Å²) in [5, 5.41) is 7.03. The summed E-state index contributed by atoms with van der Waals surface area (Å²) >= 11 is 1.77. The molecule has 0 aliphatic rings. The normalized spacial score (nSPS) is 12.3. The molecule has 7 aromatic carbocycles. The fourth-order valence-corrected chi connectivity index (χ4v) is 10.9. The van der Waals surface area contributed by atoms with Gasteiger partial charge in [-0.1, -0.05) is 115 Å². The molecule has 14 aromatic rings. The molecule has 7 heterocycles. The van der Waals surface area contributed by atoms with E-state index in [1.165, 1.54) is 26.2 Å². The lowest BCUT2D eigenvalue weighted by molar-refractivity contribution is 0.952. The number of hydrogen-bond donors (Lipinski definition) is 0. The van der Waals surface area contributed by atoms with Crippen molar-refractivity contribution < 1.29 is 0 Å². The highest BCUT2D eigenvalue weighted by molar-refractivity contribution is 7.26. The van der Waals surface area contributed by atoms with Crippen LogP contribution in [0.15, 0.2) is 182 Å². The van der Waals surface area contributed by atoms with Gasteiger partial charge in [-0.2, -0.15) is 4.98 Å². The van der Waals surface area contributed by atoms with E-state index in [1.807, 2.05) is 12.3 Å². The molecule has 0 aliphatic heterocycles. The highest BCUT2D eigenvalue weighted by Crippen LogP contribution is 2.42. The third kappa shape index (κ3) is 4.47. The highest BCUT2D eigenvalue weighted by atomic mass is 32.1. The second kappa shape index (κ2) is 12.2. The minimum Gasteiger partial charge on any atom is -0.294 e. The molecule has 0 bridgehead atoms. The first kappa shape index (κ1) is 32.8. The van der Waals surface area contributed by atoms with E-state index >= 15 is 0 Å². The van der Waals surface area contributed by atoms with Gasteiger partial charge in [0.25, 0.3) is 0 Å². The largest absolute Gasteiger partial charge is 0.294 e. The minimum absolute atomic E-state index is 0.585. The Hall–Kier alpha value is -8.14. The quantitative estimate of drug-likeness (QED) is 0.178. The Morgan fingerprint density at radius 1 is 0.426 bits per heavy atom. The Morgan fingerprint density at radius 2 is 1.00 bits per heavy atom. The first-order valence-electron chi connectivity index (χ1n) is 20.3. The van der Waals surface area contributed by atoms with Crippen molar-refractivity contribution in [1.82, 2.24) is 38.0 Å². The van der Waals surface area contributed by atoms with Gasteiger partial charge in [-0.3, -0.25) is 18.1 Å². The minimum atomic E-state index is 0.585. The van der Waals surface area contributed by atoms with Gasteiger partial charge in [0.15, 0.2) is 5.82 Å². The van der Waals surface area contributed by atoms with Gasteiger partial charge in [0, 0.05) is 54.8 Å². The molecule has 9 heteroatoms. The number of nitrogens with zero attached hydrogens (tertiary/aromatic N) is 8. The molecule has 0 unspecified atom stereocenters. The molecule has 0 amide bonds. The maximum atomic E-state index is 5.59. The van der Waals surface area contributed by atoms with Crippen molar-refractivity contribution in [1.29, 1.82) is 0 Å². The van der Waals surface area contributed by atoms with Crippen molar-refractivity contribution >= 4 is 103 Å². The molecule has 0 saturated carbocycles. The van der Waals surface area contributed by atoms with Crippen molar-refractivity contribution in [3.63, 3.8) is 0 Å². The molecule has 0 aliphatic carbocycles. The van der Waals surface area contributed by atoms with Crippen LogP contribution in [0.3, 0.4) is 0 Å². The molecule has 7 aromatic heterocycles. The molecular formula is C52H30N8S. The average molecular weight is 799 g/mol. The Labute approximate surface area is 350 Å². The van der Waals surface area contributed by atoms with Gasteiger partial charge in [-0.15, -0.1) is 11.3 Å². The SMILES string of the molecule is c1ccc2c(c1)nc1n(-c3nccc4c3sc3ccccc34)c3c(-c4cc(-n5c6ccccc6c6ccccc65)nc(-n5c6ccccc6c6ccccc65)n4)cccc3n21. The number of para-hydroxylation sites is 7. The number of thiophene rings is 1. The number of fused-ring (bicyclic) bond motifs is 14. The predicted octanol–water partition coefficient (Wildman–Crippen LogP) is 12.8. The first-order valence-corrected chi connectivity index (χ1v) is 21.1. The van der Waals surface area contributed by atoms with Crippen LogP contribution in [-0.4, -0.2) is 38.0 Å². The fourth-order valence-electron chi connectivity index (χ4n) is 9.73. The Morgan fingerprint density at radius 3 is 1.69 bits per heavy atom. The summed E-state index contributed by atoms with van der Waals surface area (Å²) in [6, 6.07) is 61.9. The third-order valence-corrected chi connectivity index (χ3v) is 13.5. The molecule has 8 nitrogen and oxygen atoms in total. The molecule has 0 saturated heterocycles. The highest BCUT2D eigenvalue weighted by Gasteiger charge is 2.26. The zero-order chi connectivity index (χ0) is 39.8. The van der Waals surface area contributed by atoms with E-state index in [-0.39, 0.29) is 0 Å². The van der Waals surface area contributed by atoms with Gasteiger partial charge in [0.2, 0.25) is 11.7 Å². The second-order valence-corrected chi connectivity index (χ2v) is 16.6. The van der Waals surface area contributed by atoms with E-state index in [0.29, 0.717) is 5.95 Å². The summed E-state index contributed by atoms with van der Waals surface area (Å²) in [5.74, 6) is 2.98. The van der Waals surface area contributed by atoms with Crippen LogP contribution >= 0.6 is 11.3 Å². The van der Waals surface area contributed by atoms with E-state index in [2.05, 4.69) is 188 Å². The maximum absolute atomic E-state index is 5.59. The number of aromatic nitrogens is 8. The van der Waals surface area contributed by atoms with Crippen LogP contribution in [0.4, 0.5) is 0 Å². The average Bonchev–Trinajstić information content (AvgIpc) is 4.12. The number of hydrogen-bond acceptors (Lipinski definition) is 5. The second-order valence-electron chi connectivity index (χ2n) is 15.5. The van der Waals surface area contributed by atoms with Crippen LogP contribution in [0.5, 0.6) is 0 Å². The summed E-state index contributed by atoms with van der Waals surface area (Å²) in [6.45, 7) is 0. The number of pyridine rings is 1. The molecule has 14 rings (SSSR count). The summed E-state index contributed by atoms with van der Waals surface area (Å²) < 4.78 is 11.3. The molecule has 0 fully saturated rings. The Balaban J connectivity index is 1.15.